The minimum Gasteiger partial charge on any atom is -0.480 e. The maximum absolute atomic E-state index is 11.6. The molecule has 1 saturated carbocycles. The zero-order chi connectivity index (χ0) is 11.5. The molecule has 0 aliphatic heterocycles. The predicted octanol–water partition coefficient (Wildman–Crippen LogP) is -1.18. The highest BCUT2D eigenvalue weighted by molar-refractivity contribution is 5.90. The Morgan fingerprint density at radius 3 is 2.40 bits per heavy atom. The normalized spacial score (nSPS) is 20.1. The van der Waals surface area contributed by atoms with E-state index in [1.165, 1.54) is 0 Å². The van der Waals surface area contributed by atoms with Crippen molar-refractivity contribution in [1.29, 1.82) is 0 Å². The third-order valence-corrected chi connectivity index (χ3v) is 2.72. The Balaban J connectivity index is 2.50. The van der Waals surface area contributed by atoms with Gasteiger partial charge < -0.3 is 21.3 Å². The summed E-state index contributed by atoms with van der Waals surface area (Å²) in [5, 5.41) is 19.7. The van der Waals surface area contributed by atoms with Crippen LogP contribution in [-0.4, -0.2) is 40.3 Å². The van der Waals surface area contributed by atoms with E-state index in [-0.39, 0.29) is 13.0 Å². The molecular formula is C9H16N2O4. The fraction of sp³-hybridized carbons (Fsp3) is 0.778. The monoisotopic (exact) mass is 216 g/mol. The van der Waals surface area contributed by atoms with Crippen LogP contribution in [-0.2, 0) is 9.59 Å². The quantitative estimate of drug-likeness (QED) is 0.462. The van der Waals surface area contributed by atoms with Crippen molar-refractivity contribution in [3.63, 3.8) is 0 Å². The second-order valence-corrected chi connectivity index (χ2v) is 3.89. The zero-order valence-electron chi connectivity index (χ0n) is 8.40. The molecule has 1 atom stereocenters. The molecule has 0 aromatic rings. The first kappa shape index (κ1) is 11.9. The molecule has 6 nitrogen and oxygen atoms in total. The molecule has 1 amide bonds. The Labute approximate surface area is 87.5 Å². The van der Waals surface area contributed by atoms with Gasteiger partial charge in [0.1, 0.15) is 6.04 Å². The molecule has 6 heteroatoms. The maximum Gasteiger partial charge on any atom is 0.326 e. The van der Waals surface area contributed by atoms with Gasteiger partial charge in [-0.1, -0.05) is 0 Å². The molecule has 1 aliphatic carbocycles. The topological polar surface area (TPSA) is 113 Å². The smallest absolute Gasteiger partial charge is 0.326 e. The highest BCUT2D eigenvalue weighted by Crippen LogP contribution is 2.29. The minimum absolute atomic E-state index is 0.00282. The number of aliphatic hydroxyl groups is 1. The fourth-order valence-electron chi connectivity index (χ4n) is 1.47. The van der Waals surface area contributed by atoms with E-state index >= 15 is 0 Å². The lowest BCUT2D eigenvalue weighted by Gasteiger charge is -2.36. The van der Waals surface area contributed by atoms with Crippen molar-refractivity contribution in [3.8, 4) is 0 Å². The average Bonchev–Trinajstić information content (AvgIpc) is 2.13. The van der Waals surface area contributed by atoms with Crippen molar-refractivity contribution in [1.82, 2.24) is 5.32 Å². The number of carboxylic acids is 1. The maximum atomic E-state index is 11.6. The van der Waals surface area contributed by atoms with Crippen molar-refractivity contribution in [2.45, 2.75) is 37.3 Å². The van der Waals surface area contributed by atoms with Crippen LogP contribution in [0.25, 0.3) is 0 Å². The molecule has 0 spiro atoms. The lowest BCUT2D eigenvalue weighted by atomic mass is 9.77. The molecule has 1 aliphatic rings. The molecule has 0 saturated heterocycles. The van der Waals surface area contributed by atoms with E-state index in [9.17, 15) is 9.59 Å². The van der Waals surface area contributed by atoms with Gasteiger partial charge in [-0.05, 0) is 19.3 Å². The van der Waals surface area contributed by atoms with E-state index in [0.717, 1.165) is 6.42 Å². The third-order valence-electron chi connectivity index (χ3n) is 2.72. The second-order valence-electron chi connectivity index (χ2n) is 3.89. The van der Waals surface area contributed by atoms with Gasteiger partial charge in [0.25, 0.3) is 0 Å². The molecular weight excluding hydrogens is 200 g/mol. The summed E-state index contributed by atoms with van der Waals surface area (Å²) in [6, 6.07) is -1.05. The van der Waals surface area contributed by atoms with Crippen molar-refractivity contribution >= 4 is 11.9 Å². The summed E-state index contributed by atoms with van der Waals surface area (Å²) in [5.74, 6) is -1.59. The molecule has 0 heterocycles. The SMILES string of the molecule is NC1(C(=O)N[C@@H](CCO)C(=O)O)CCC1. The van der Waals surface area contributed by atoms with Crippen LogP contribution in [0.2, 0.25) is 0 Å². The molecule has 0 radical (unpaired) electrons. The number of carbonyl (C=O) groups excluding carboxylic acids is 1. The highest BCUT2D eigenvalue weighted by atomic mass is 16.4. The van der Waals surface area contributed by atoms with Crippen molar-refractivity contribution in [3.05, 3.63) is 0 Å². The Morgan fingerprint density at radius 1 is 1.47 bits per heavy atom. The number of carboxylic acid groups (broad SMARTS) is 1. The molecule has 0 bridgehead atoms. The lowest BCUT2D eigenvalue weighted by Crippen LogP contribution is -2.61. The van der Waals surface area contributed by atoms with Crippen LogP contribution in [0.5, 0.6) is 0 Å². The average molecular weight is 216 g/mol. The van der Waals surface area contributed by atoms with Crippen LogP contribution in [0.3, 0.4) is 0 Å². The number of carbonyl (C=O) groups is 2. The van der Waals surface area contributed by atoms with Gasteiger partial charge in [-0.15, -0.1) is 0 Å². The van der Waals surface area contributed by atoms with Crippen LogP contribution in [0.1, 0.15) is 25.7 Å². The van der Waals surface area contributed by atoms with Crippen molar-refractivity contribution in [2.24, 2.45) is 5.73 Å². The van der Waals surface area contributed by atoms with Crippen molar-refractivity contribution < 1.29 is 19.8 Å². The van der Waals surface area contributed by atoms with Gasteiger partial charge in [-0.3, -0.25) is 4.79 Å². The summed E-state index contributed by atoms with van der Waals surface area (Å²) in [6.07, 6.45) is 2.06. The number of hydrogen-bond donors (Lipinski definition) is 4. The fourth-order valence-corrected chi connectivity index (χ4v) is 1.47. The van der Waals surface area contributed by atoms with Gasteiger partial charge in [0.15, 0.2) is 0 Å². The van der Waals surface area contributed by atoms with Gasteiger partial charge in [0.05, 0.1) is 5.54 Å². The van der Waals surface area contributed by atoms with E-state index in [0.29, 0.717) is 12.8 Å². The van der Waals surface area contributed by atoms with E-state index in [2.05, 4.69) is 5.32 Å². The number of amides is 1. The number of aliphatic hydroxyl groups excluding tert-OH is 1. The van der Waals surface area contributed by atoms with Crippen molar-refractivity contribution in [2.75, 3.05) is 6.61 Å². The summed E-state index contributed by atoms with van der Waals surface area (Å²) >= 11 is 0. The van der Waals surface area contributed by atoms with E-state index in [1.807, 2.05) is 0 Å². The second kappa shape index (κ2) is 4.59. The first-order chi connectivity index (χ1) is 6.99. The Bertz CT molecular complexity index is 263. The summed E-state index contributed by atoms with van der Waals surface area (Å²) in [7, 11) is 0. The molecule has 0 aromatic heterocycles. The number of nitrogens with one attached hydrogen (secondary N) is 1. The first-order valence-corrected chi connectivity index (χ1v) is 4.93. The van der Waals surface area contributed by atoms with Gasteiger partial charge in [-0.25, -0.2) is 4.79 Å². The third kappa shape index (κ3) is 2.66. The molecule has 15 heavy (non-hydrogen) atoms. The Hall–Kier alpha value is -1.14. The number of hydrogen-bond acceptors (Lipinski definition) is 4. The lowest BCUT2D eigenvalue weighted by molar-refractivity contribution is -0.143. The molecule has 0 aromatic carbocycles. The first-order valence-electron chi connectivity index (χ1n) is 4.93. The molecule has 5 N–H and O–H groups in total. The summed E-state index contributed by atoms with van der Waals surface area (Å²) in [5.41, 5.74) is 4.82. The van der Waals surface area contributed by atoms with E-state index in [1.54, 1.807) is 0 Å². The van der Waals surface area contributed by atoms with E-state index < -0.39 is 23.5 Å². The van der Waals surface area contributed by atoms with Gasteiger partial charge >= 0.3 is 5.97 Å². The number of nitrogens with two attached hydrogens (primary N) is 1. The van der Waals surface area contributed by atoms with Crippen LogP contribution in [0.4, 0.5) is 0 Å². The Morgan fingerprint density at radius 2 is 2.07 bits per heavy atom. The van der Waals surface area contributed by atoms with Gasteiger partial charge in [0, 0.05) is 13.0 Å². The number of rotatable bonds is 5. The van der Waals surface area contributed by atoms with Crippen LogP contribution in [0.15, 0.2) is 0 Å². The summed E-state index contributed by atoms with van der Waals surface area (Å²) in [6.45, 7) is -0.283. The largest absolute Gasteiger partial charge is 0.480 e. The Kier molecular flexibility index (Phi) is 3.65. The minimum atomic E-state index is -1.15. The van der Waals surface area contributed by atoms with E-state index in [4.69, 9.17) is 15.9 Å². The molecule has 1 fully saturated rings. The molecule has 86 valence electrons. The van der Waals surface area contributed by atoms with Crippen LogP contribution in [0, 0.1) is 0 Å². The standard InChI is InChI=1S/C9H16N2O4/c10-9(3-1-4-9)8(15)11-6(2-5-12)7(13)14/h6,12H,1-5,10H2,(H,11,15)(H,13,14)/t6-/m0/s1. The number of aliphatic carboxylic acids is 1. The van der Waals surface area contributed by atoms with Gasteiger partial charge in [0.2, 0.25) is 5.91 Å². The molecule has 0 unspecified atom stereocenters. The van der Waals surface area contributed by atoms with Crippen LogP contribution < -0.4 is 11.1 Å². The zero-order valence-corrected chi connectivity index (χ0v) is 8.40. The highest BCUT2D eigenvalue weighted by Gasteiger charge is 2.41. The molecule has 1 rings (SSSR count). The summed E-state index contributed by atoms with van der Waals surface area (Å²) in [4.78, 5) is 22.2. The van der Waals surface area contributed by atoms with Gasteiger partial charge in [-0.2, -0.15) is 0 Å². The van der Waals surface area contributed by atoms with Crippen LogP contribution >= 0.6 is 0 Å². The predicted molar refractivity (Wildman–Crippen MR) is 52.0 cm³/mol. The summed E-state index contributed by atoms with van der Waals surface area (Å²) < 4.78 is 0.